The molecule has 0 heterocycles. The van der Waals surface area contributed by atoms with Crippen molar-refractivity contribution in [1.29, 1.82) is 0 Å². The maximum absolute atomic E-state index is 4.90. The van der Waals surface area contributed by atoms with Gasteiger partial charge in [-0.25, -0.2) is 0 Å². The molecule has 0 atom stereocenters. The predicted octanol–water partition coefficient (Wildman–Crippen LogP) is 0.625. The van der Waals surface area contributed by atoms with Crippen molar-refractivity contribution >= 4 is 63.4 Å². The van der Waals surface area contributed by atoms with Crippen LogP contribution in [0.2, 0.25) is 0 Å². The van der Waals surface area contributed by atoms with Crippen molar-refractivity contribution in [3.63, 3.8) is 0 Å². The summed E-state index contributed by atoms with van der Waals surface area (Å²) in [6.45, 7) is 2.06. The van der Waals surface area contributed by atoms with E-state index in [1.807, 2.05) is 24.3 Å². The van der Waals surface area contributed by atoms with Gasteiger partial charge >= 0.3 is 34.8 Å². The minimum absolute atomic E-state index is 0.639. The molecule has 1 rings (SSSR count). The molecule has 0 aromatic heterocycles. The molecule has 0 saturated heterocycles. The van der Waals surface area contributed by atoms with E-state index in [2.05, 4.69) is 16.5 Å². The second-order valence-corrected chi connectivity index (χ2v) is 7.98. The first-order chi connectivity index (χ1) is 6.22. The van der Waals surface area contributed by atoms with Crippen molar-refractivity contribution in [2.24, 2.45) is 0 Å². The van der Waals surface area contributed by atoms with Crippen LogP contribution in [0.1, 0.15) is 5.56 Å². The maximum Gasteiger partial charge on any atom is 0.618 e. The van der Waals surface area contributed by atoms with Crippen LogP contribution in [0, 0.1) is 13.0 Å². The number of benzene rings is 1. The SMILES string of the molecule is Cc1cc[c]cc1.[AlH2][O][SiH3].[Cl][Mg][Cl]. The summed E-state index contributed by atoms with van der Waals surface area (Å²) in [5.41, 5.74) is 1.29. The summed E-state index contributed by atoms with van der Waals surface area (Å²) in [4.78, 5) is 0. The van der Waals surface area contributed by atoms with Gasteiger partial charge in [0.1, 0.15) is 10.5 Å². The summed E-state index contributed by atoms with van der Waals surface area (Å²) >= 11 is 0.292. The molecule has 0 saturated carbocycles. The van der Waals surface area contributed by atoms with Crippen LogP contribution in [-0.4, -0.2) is 45.3 Å². The molecule has 0 unspecified atom stereocenters. The lowest BCUT2D eigenvalue weighted by atomic mass is 10.2. The fraction of sp³-hybridized carbons (Fsp3) is 0.143. The van der Waals surface area contributed by atoms with E-state index < -0.39 is 18.2 Å². The van der Waals surface area contributed by atoms with E-state index in [0.717, 1.165) is 27.1 Å². The lowest BCUT2D eigenvalue weighted by Gasteiger charge is -1.82. The third-order valence-corrected chi connectivity index (χ3v) is 0.885. The fourth-order valence-electron chi connectivity index (χ4n) is 0.470. The van der Waals surface area contributed by atoms with E-state index >= 15 is 0 Å². The van der Waals surface area contributed by atoms with Gasteiger partial charge in [-0.15, -0.1) is 0 Å². The van der Waals surface area contributed by atoms with Gasteiger partial charge < -0.3 is 21.6 Å². The van der Waals surface area contributed by atoms with Gasteiger partial charge in [0.2, 0.25) is 0 Å². The average molecular weight is 262 g/mol. The van der Waals surface area contributed by atoms with Crippen LogP contribution >= 0.6 is 18.1 Å². The zero-order valence-corrected chi connectivity index (χ0v) is 15.1. The van der Waals surface area contributed by atoms with Gasteiger partial charge in [-0.3, -0.25) is 0 Å². The Labute approximate surface area is 109 Å². The number of rotatable bonds is 0. The Bertz CT molecular complexity index is 177. The Kier molecular flexibility index (Phi) is 20.2. The molecular weight excluding hydrogens is 250 g/mol. The summed E-state index contributed by atoms with van der Waals surface area (Å²) in [6.07, 6.45) is 0. The highest BCUT2D eigenvalue weighted by Gasteiger charge is 1.72. The van der Waals surface area contributed by atoms with Crippen LogP contribution in [-0.2, 0) is 3.48 Å². The minimum Gasteiger partial charge on any atom is -0.557 e. The van der Waals surface area contributed by atoms with Crippen LogP contribution < -0.4 is 0 Å². The fourth-order valence-corrected chi connectivity index (χ4v) is 0.470. The molecule has 0 bridgehead atoms. The molecule has 13 heavy (non-hydrogen) atoms. The Morgan fingerprint density at radius 2 is 1.77 bits per heavy atom. The Morgan fingerprint density at radius 3 is 1.92 bits per heavy atom. The van der Waals surface area contributed by atoms with E-state index in [4.69, 9.17) is 18.1 Å². The third kappa shape index (κ3) is 19.6. The number of aryl methyl sites for hydroxylation is 1. The summed E-state index contributed by atoms with van der Waals surface area (Å²) in [6, 6.07) is 10.8. The monoisotopic (exact) mass is 261 g/mol. The van der Waals surface area contributed by atoms with Crippen molar-refractivity contribution in [3.8, 4) is 0 Å². The van der Waals surface area contributed by atoms with Gasteiger partial charge in [0.15, 0.2) is 0 Å². The van der Waals surface area contributed by atoms with Crippen molar-refractivity contribution in [3.05, 3.63) is 35.9 Å². The summed E-state index contributed by atoms with van der Waals surface area (Å²) in [5, 5.41) is 0. The molecule has 0 amide bonds. The Hall–Kier alpha value is 1.28. The second-order valence-electron chi connectivity index (χ2n) is 2.09. The topological polar surface area (TPSA) is 9.23 Å². The number of hydrogen-bond donors (Lipinski definition) is 0. The van der Waals surface area contributed by atoms with E-state index in [9.17, 15) is 0 Å². The number of halogens is 2. The van der Waals surface area contributed by atoms with Gasteiger partial charge in [-0.05, 0) is 13.0 Å². The zero-order chi connectivity index (χ0) is 10.5. The first kappa shape index (κ1) is 16.7. The van der Waals surface area contributed by atoms with Gasteiger partial charge in [0.05, 0.1) is 0 Å². The zero-order valence-electron chi connectivity index (χ0n) is 8.18. The van der Waals surface area contributed by atoms with Crippen molar-refractivity contribution in [1.82, 2.24) is 0 Å². The molecule has 1 nitrogen and oxygen atoms in total. The Morgan fingerprint density at radius 1 is 1.46 bits per heavy atom. The highest BCUT2D eigenvalue weighted by molar-refractivity contribution is 7.22. The lowest BCUT2D eigenvalue weighted by Crippen LogP contribution is -1.65. The molecule has 1 aromatic carbocycles. The average Bonchev–Trinajstić information content (AvgIpc) is 2.08. The molecule has 1 aromatic rings. The second kappa shape index (κ2) is 15.7. The number of hydrogen-bond acceptors (Lipinski definition) is 1. The minimum atomic E-state index is -0.639. The van der Waals surface area contributed by atoms with Crippen LogP contribution in [0.5, 0.6) is 0 Å². The highest BCUT2D eigenvalue weighted by atomic mass is 35.6. The van der Waals surface area contributed by atoms with E-state index in [1.54, 1.807) is 0 Å². The third-order valence-electron chi connectivity index (χ3n) is 0.885. The van der Waals surface area contributed by atoms with Crippen LogP contribution in [0.4, 0.5) is 0 Å². The molecule has 6 heteroatoms. The van der Waals surface area contributed by atoms with Crippen LogP contribution in [0.25, 0.3) is 0 Å². The van der Waals surface area contributed by atoms with Gasteiger partial charge in [-0.2, -0.15) is 0 Å². The van der Waals surface area contributed by atoms with Crippen molar-refractivity contribution < 1.29 is 3.48 Å². The van der Waals surface area contributed by atoms with Crippen LogP contribution in [0.15, 0.2) is 24.3 Å². The molecule has 0 N–H and O–H groups in total. The van der Waals surface area contributed by atoms with Crippen molar-refractivity contribution in [2.75, 3.05) is 0 Å². The largest absolute Gasteiger partial charge is 0.618 e. The highest BCUT2D eigenvalue weighted by Crippen LogP contribution is 1.91. The molecule has 0 aliphatic carbocycles. The first-order valence-electron chi connectivity index (χ1n) is 3.67. The van der Waals surface area contributed by atoms with Gasteiger partial charge in [0.25, 0.3) is 0 Å². The maximum atomic E-state index is 4.90. The van der Waals surface area contributed by atoms with E-state index in [-0.39, 0.29) is 0 Å². The molecular formula is C7H12AlCl2MgOSi. The van der Waals surface area contributed by atoms with E-state index in [1.165, 1.54) is 5.56 Å². The Balaban J connectivity index is 0. The molecule has 69 valence electrons. The molecule has 1 radical (unpaired) electrons. The summed E-state index contributed by atoms with van der Waals surface area (Å²) in [5.74, 6) is 0. The molecule has 0 fully saturated rings. The van der Waals surface area contributed by atoms with E-state index in [0.29, 0.717) is 0 Å². The predicted molar refractivity (Wildman–Crippen MR) is 67.0 cm³/mol. The quantitative estimate of drug-likeness (QED) is 0.623. The van der Waals surface area contributed by atoms with Gasteiger partial charge in [0, 0.05) is 0 Å². The standard InChI is InChI=1S/C7H7.Al.2ClH.Mg.H3OSi.2H/c1-7-5-3-2-4-6-7;;;;;1-2;;/h3-6H,1H3;;2*1H;;2H3;;/q;+1;;;+2;-1;;/p-2. The van der Waals surface area contributed by atoms with Crippen molar-refractivity contribution in [2.45, 2.75) is 6.92 Å². The molecule has 0 spiro atoms. The molecule has 0 aliphatic heterocycles. The first-order valence-corrected chi connectivity index (χ1v) is 9.58. The summed E-state index contributed by atoms with van der Waals surface area (Å²) in [7, 11) is 10.7. The molecule has 0 aliphatic rings. The normalized spacial score (nSPS) is 7.00. The van der Waals surface area contributed by atoms with Crippen LogP contribution in [0.3, 0.4) is 0 Å². The lowest BCUT2D eigenvalue weighted by molar-refractivity contribution is 0.690. The smallest absolute Gasteiger partial charge is 0.557 e. The summed E-state index contributed by atoms with van der Waals surface area (Å²) < 4.78 is 4.53. The van der Waals surface area contributed by atoms with Gasteiger partial charge in [-0.1, -0.05) is 29.8 Å².